The molecule has 1 heterocycles. The monoisotopic (exact) mass is 386 g/mol. The van der Waals surface area contributed by atoms with E-state index in [1.165, 1.54) is 12.1 Å². The summed E-state index contributed by atoms with van der Waals surface area (Å²) in [5.74, 6) is 0.584. The van der Waals surface area contributed by atoms with Crippen molar-refractivity contribution >= 4 is 15.7 Å². The molecule has 0 bridgehead atoms. The summed E-state index contributed by atoms with van der Waals surface area (Å²) in [5.41, 5.74) is 0.969. The maximum Gasteiger partial charge on any atom is 0.432 e. The van der Waals surface area contributed by atoms with Gasteiger partial charge in [-0.25, -0.2) is 13.6 Å². The van der Waals surface area contributed by atoms with Crippen LogP contribution in [-0.4, -0.2) is 26.9 Å². The van der Waals surface area contributed by atoms with E-state index < -0.39 is 21.9 Å². The third-order valence-electron chi connectivity index (χ3n) is 5.48. The molecule has 0 amide bonds. The molecule has 0 radical (unpaired) electrons. The number of aliphatic imine (C=N–C) groups is 1. The number of allylic oxidation sites excluding steroid dienone is 1. The maximum atomic E-state index is 12.6. The lowest BCUT2D eigenvalue weighted by molar-refractivity contribution is -0.0576. The first-order valence-electron chi connectivity index (χ1n) is 8.34. The summed E-state index contributed by atoms with van der Waals surface area (Å²) in [7, 11) is -3.72. The Labute approximate surface area is 151 Å². The van der Waals surface area contributed by atoms with Crippen molar-refractivity contribution in [3.05, 3.63) is 41.5 Å². The van der Waals surface area contributed by atoms with Gasteiger partial charge in [-0.3, -0.25) is 4.99 Å². The molecule has 0 saturated heterocycles. The van der Waals surface area contributed by atoms with Crippen LogP contribution in [0.5, 0.6) is 0 Å². The Morgan fingerprint density at radius 2 is 1.85 bits per heavy atom. The Bertz CT molecular complexity index is 869. The van der Waals surface area contributed by atoms with E-state index in [1.54, 1.807) is 12.1 Å². The first kappa shape index (κ1) is 19.1. The number of sulfonamides is 1. The molecule has 3 rings (SSSR count). The molecule has 2 aliphatic rings. The summed E-state index contributed by atoms with van der Waals surface area (Å²) in [5, 5.41) is 5.11. The predicted molar refractivity (Wildman–Crippen MR) is 93.5 cm³/mol. The van der Waals surface area contributed by atoms with Crippen LogP contribution in [0.25, 0.3) is 0 Å². The van der Waals surface area contributed by atoms with E-state index in [0.717, 1.165) is 18.1 Å². The lowest BCUT2D eigenvalue weighted by Crippen LogP contribution is -2.19. The number of halogens is 3. The summed E-state index contributed by atoms with van der Waals surface area (Å²) >= 11 is 0. The zero-order valence-electron chi connectivity index (χ0n) is 14.5. The number of hydrogen-bond acceptors (Lipinski definition) is 3. The fourth-order valence-corrected chi connectivity index (χ4v) is 4.46. The van der Waals surface area contributed by atoms with Crippen LogP contribution in [0, 0.1) is 11.3 Å². The Balaban J connectivity index is 1.64. The number of primary sulfonamides is 1. The zero-order chi connectivity index (χ0) is 19.3. The van der Waals surface area contributed by atoms with Gasteiger partial charge in [0.15, 0.2) is 0 Å². The van der Waals surface area contributed by atoms with Crippen molar-refractivity contribution in [3.8, 4) is 0 Å². The van der Waals surface area contributed by atoms with Crippen molar-refractivity contribution in [1.82, 2.24) is 0 Å². The van der Waals surface area contributed by atoms with Crippen molar-refractivity contribution in [2.45, 2.75) is 43.7 Å². The Morgan fingerprint density at radius 3 is 2.35 bits per heavy atom. The lowest BCUT2D eigenvalue weighted by atomic mass is 10.0. The van der Waals surface area contributed by atoms with Gasteiger partial charge < -0.3 is 0 Å². The highest BCUT2D eigenvalue weighted by atomic mass is 32.2. The highest BCUT2D eigenvalue weighted by Gasteiger charge is 2.57. The van der Waals surface area contributed by atoms with Crippen molar-refractivity contribution in [2.24, 2.45) is 21.5 Å². The zero-order valence-corrected chi connectivity index (χ0v) is 15.4. The normalized spacial score (nSPS) is 25.0. The van der Waals surface area contributed by atoms with E-state index in [4.69, 9.17) is 5.14 Å². The summed E-state index contributed by atoms with van der Waals surface area (Å²) in [6, 6.07) is 6.54. The number of hydrogen-bond donors (Lipinski definition) is 1. The second-order valence-corrected chi connectivity index (χ2v) is 9.12. The number of alkyl halides is 3. The molecule has 1 aromatic carbocycles. The molecule has 142 valence electrons. The number of rotatable bonds is 5. The predicted octanol–water partition coefficient (Wildman–Crippen LogP) is 3.80. The van der Waals surface area contributed by atoms with Crippen LogP contribution in [0.2, 0.25) is 0 Å². The molecule has 26 heavy (non-hydrogen) atoms. The average Bonchev–Trinajstić information content (AvgIpc) is 2.85. The average molecular weight is 386 g/mol. The first-order valence-corrected chi connectivity index (χ1v) is 9.89. The van der Waals surface area contributed by atoms with Crippen LogP contribution in [0.1, 0.15) is 38.2 Å². The summed E-state index contributed by atoms with van der Waals surface area (Å²) < 4.78 is 60.6. The van der Waals surface area contributed by atoms with Gasteiger partial charge in [-0.15, -0.1) is 0 Å². The van der Waals surface area contributed by atoms with Crippen molar-refractivity contribution < 1.29 is 21.6 Å². The molecule has 4 nitrogen and oxygen atoms in total. The Kier molecular flexibility index (Phi) is 4.55. The van der Waals surface area contributed by atoms with E-state index in [9.17, 15) is 21.6 Å². The number of benzene rings is 1. The second kappa shape index (κ2) is 6.20. The van der Waals surface area contributed by atoms with E-state index in [0.29, 0.717) is 17.9 Å². The molecule has 8 heteroatoms. The van der Waals surface area contributed by atoms with E-state index in [2.05, 4.69) is 18.8 Å². The van der Waals surface area contributed by atoms with Gasteiger partial charge in [0.2, 0.25) is 10.0 Å². The van der Waals surface area contributed by atoms with Crippen molar-refractivity contribution in [1.29, 1.82) is 0 Å². The number of nitrogens with zero attached hydrogens (tertiary/aromatic N) is 1. The highest BCUT2D eigenvalue weighted by Crippen LogP contribution is 2.66. The van der Waals surface area contributed by atoms with E-state index in [-0.39, 0.29) is 22.8 Å². The fourth-order valence-electron chi connectivity index (χ4n) is 3.94. The maximum absolute atomic E-state index is 12.6. The van der Waals surface area contributed by atoms with Gasteiger partial charge >= 0.3 is 6.18 Å². The Hall–Kier alpha value is -1.67. The molecule has 2 unspecified atom stereocenters. The second-order valence-electron chi connectivity index (χ2n) is 7.56. The van der Waals surface area contributed by atoms with Crippen molar-refractivity contribution in [2.75, 3.05) is 6.54 Å². The quantitative estimate of drug-likeness (QED) is 0.836. The SMILES string of the molecule is CC1(C)C(CCC2=CC(C(F)(F)F)=NC2)C1c1ccc(S(N)(=O)=O)cc1. The molecule has 1 aliphatic carbocycles. The molecule has 1 saturated carbocycles. The molecule has 0 aromatic heterocycles. The van der Waals surface area contributed by atoms with Crippen LogP contribution in [-0.2, 0) is 10.0 Å². The third kappa shape index (κ3) is 3.71. The van der Waals surface area contributed by atoms with Crippen LogP contribution in [0.15, 0.2) is 45.8 Å². The minimum Gasteiger partial charge on any atom is -0.276 e. The Morgan fingerprint density at radius 1 is 1.23 bits per heavy atom. The smallest absolute Gasteiger partial charge is 0.276 e. The van der Waals surface area contributed by atoms with Gasteiger partial charge in [-0.1, -0.05) is 26.0 Å². The molecule has 1 fully saturated rings. The molecule has 1 aromatic rings. The van der Waals surface area contributed by atoms with Crippen LogP contribution < -0.4 is 5.14 Å². The van der Waals surface area contributed by atoms with Gasteiger partial charge in [0, 0.05) is 0 Å². The molecule has 1 aliphatic heterocycles. The summed E-state index contributed by atoms with van der Waals surface area (Å²) in [6.07, 6.45) is -1.86. The van der Waals surface area contributed by atoms with Crippen LogP contribution in [0.3, 0.4) is 0 Å². The summed E-state index contributed by atoms with van der Waals surface area (Å²) in [6.45, 7) is 4.36. The lowest BCUT2D eigenvalue weighted by Gasteiger charge is -2.04. The van der Waals surface area contributed by atoms with Crippen LogP contribution >= 0.6 is 0 Å². The molecular formula is C18H21F3N2O2S. The summed E-state index contributed by atoms with van der Waals surface area (Å²) in [4.78, 5) is 3.64. The van der Waals surface area contributed by atoms with Gasteiger partial charge in [0.1, 0.15) is 5.71 Å². The molecule has 2 N–H and O–H groups in total. The minimum atomic E-state index is -4.38. The molecule has 0 spiro atoms. The largest absolute Gasteiger partial charge is 0.432 e. The third-order valence-corrected chi connectivity index (χ3v) is 6.41. The molecular weight excluding hydrogens is 365 g/mol. The van der Waals surface area contributed by atoms with Gasteiger partial charge in [0.25, 0.3) is 0 Å². The van der Waals surface area contributed by atoms with E-state index >= 15 is 0 Å². The standard InChI is InChI=1S/C18H21F3N2O2S/c1-17(2)14(8-3-11-9-15(23-10-11)18(19,20)21)16(17)12-4-6-13(7-5-12)26(22,24)25/h4-7,9,14,16H,3,8,10H2,1-2H3,(H2,22,24,25). The van der Waals surface area contributed by atoms with E-state index in [1.807, 2.05) is 0 Å². The topological polar surface area (TPSA) is 72.5 Å². The number of nitrogens with two attached hydrogens (primary N) is 1. The fraction of sp³-hybridized carbons (Fsp3) is 0.500. The van der Waals surface area contributed by atoms with Crippen molar-refractivity contribution in [3.63, 3.8) is 0 Å². The highest BCUT2D eigenvalue weighted by molar-refractivity contribution is 7.89. The van der Waals surface area contributed by atoms with Gasteiger partial charge in [0.05, 0.1) is 11.4 Å². The minimum absolute atomic E-state index is 0.0238. The molecule has 2 atom stereocenters. The first-order chi connectivity index (χ1) is 11.9. The van der Waals surface area contributed by atoms with Gasteiger partial charge in [-0.05, 0) is 59.4 Å². The van der Waals surface area contributed by atoms with Crippen LogP contribution in [0.4, 0.5) is 13.2 Å². The van der Waals surface area contributed by atoms with Gasteiger partial charge in [-0.2, -0.15) is 13.2 Å².